The smallest absolute Gasteiger partial charge is 0.277 e. The first-order chi connectivity index (χ1) is 15.0. The molecule has 6 nitrogen and oxygen atoms in total. The second-order valence-electron chi connectivity index (χ2n) is 6.36. The number of hydrogen-bond acceptors (Lipinski definition) is 5. The lowest BCUT2D eigenvalue weighted by atomic mass is 10.2. The van der Waals surface area contributed by atoms with Crippen LogP contribution < -0.4 is 19.6 Å². The van der Waals surface area contributed by atoms with Crippen LogP contribution in [0.2, 0.25) is 5.02 Å². The van der Waals surface area contributed by atoms with Gasteiger partial charge in [0.05, 0.1) is 13.3 Å². The van der Waals surface area contributed by atoms with Crippen molar-refractivity contribution in [1.29, 1.82) is 0 Å². The van der Waals surface area contributed by atoms with Gasteiger partial charge in [0, 0.05) is 9.50 Å². The minimum atomic E-state index is -0.367. The van der Waals surface area contributed by atoms with Gasteiger partial charge in [-0.05, 0) is 65.7 Å². The lowest BCUT2D eigenvalue weighted by Gasteiger charge is -2.11. The van der Waals surface area contributed by atoms with Gasteiger partial charge in [-0.3, -0.25) is 4.79 Å². The average Bonchev–Trinajstić information content (AvgIpc) is 2.78. The molecule has 1 amide bonds. The normalized spacial score (nSPS) is 10.7. The predicted molar refractivity (Wildman–Crippen MR) is 124 cm³/mol. The lowest BCUT2D eigenvalue weighted by molar-refractivity contribution is -0.123. The molecule has 0 aliphatic carbocycles. The van der Waals surface area contributed by atoms with E-state index in [1.54, 1.807) is 31.4 Å². The van der Waals surface area contributed by atoms with Gasteiger partial charge in [0.25, 0.3) is 5.91 Å². The summed E-state index contributed by atoms with van der Waals surface area (Å²) in [5.41, 5.74) is 4.16. The Morgan fingerprint density at radius 1 is 1.03 bits per heavy atom. The van der Waals surface area contributed by atoms with E-state index in [1.807, 2.05) is 42.5 Å². The molecule has 0 saturated heterocycles. The molecule has 8 heteroatoms. The molecule has 0 heterocycles. The minimum Gasteiger partial charge on any atom is -0.493 e. The number of rotatable bonds is 9. The first-order valence-corrected chi connectivity index (χ1v) is 10.5. The van der Waals surface area contributed by atoms with Crippen LogP contribution in [-0.2, 0) is 11.4 Å². The summed E-state index contributed by atoms with van der Waals surface area (Å²) in [4.78, 5) is 11.9. The number of ether oxygens (including phenoxy) is 3. The molecular weight excluding hydrogens is 484 g/mol. The van der Waals surface area contributed by atoms with E-state index in [2.05, 4.69) is 26.5 Å². The van der Waals surface area contributed by atoms with E-state index in [0.717, 1.165) is 15.6 Å². The van der Waals surface area contributed by atoms with Crippen molar-refractivity contribution in [3.8, 4) is 17.2 Å². The van der Waals surface area contributed by atoms with Crippen molar-refractivity contribution in [2.75, 3.05) is 13.7 Å². The summed E-state index contributed by atoms with van der Waals surface area (Å²) in [7, 11) is 1.56. The second-order valence-corrected chi connectivity index (χ2v) is 7.71. The van der Waals surface area contributed by atoms with Gasteiger partial charge < -0.3 is 14.2 Å². The van der Waals surface area contributed by atoms with Gasteiger partial charge in [0.15, 0.2) is 18.1 Å². The summed E-state index contributed by atoms with van der Waals surface area (Å²) in [6, 6.07) is 20.0. The molecule has 0 bridgehead atoms. The number of hydrazone groups is 1. The van der Waals surface area contributed by atoms with E-state index >= 15 is 0 Å². The van der Waals surface area contributed by atoms with Crippen molar-refractivity contribution < 1.29 is 19.0 Å². The monoisotopic (exact) mass is 502 g/mol. The number of benzene rings is 3. The van der Waals surface area contributed by atoms with Crippen LogP contribution in [0.4, 0.5) is 0 Å². The lowest BCUT2D eigenvalue weighted by Crippen LogP contribution is -2.24. The Hall–Kier alpha value is -3.03. The minimum absolute atomic E-state index is 0.139. The van der Waals surface area contributed by atoms with E-state index < -0.39 is 0 Å². The molecule has 160 valence electrons. The van der Waals surface area contributed by atoms with E-state index in [9.17, 15) is 4.79 Å². The van der Waals surface area contributed by atoms with E-state index in [1.165, 1.54) is 6.21 Å². The van der Waals surface area contributed by atoms with Crippen LogP contribution in [-0.4, -0.2) is 25.8 Å². The number of halogens is 2. The van der Waals surface area contributed by atoms with Crippen molar-refractivity contribution in [3.05, 3.63) is 87.4 Å². The second kappa shape index (κ2) is 11.4. The predicted octanol–water partition coefficient (Wildman–Crippen LogP) is 5.22. The number of nitrogens with one attached hydrogen (secondary N) is 1. The third-order valence-corrected chi connectivity index (χ3v) is 4.86. The highest BCUT2D eigenvalue weighted by atomic mass is 79.9. The van der Waals surface area contributed by atoms with Crippen LogP contribution in [0.25, 0.3) is 0 Å². The topological polar surface area (TPSA) is 69.2 Å². The van der Waals surface area contributed by atoms with Crippen molar-refractivity contribution in [2.24, 2.45) is 5.10 Å². The Bertz CT molecular complexity index is 1040. The maximum atomic E-state index is 11.9. The molecule has 0 saturated carbocycles. The van der Waals surface area contributed by atoms with Crippen LogP contribution in [0.1, 0.15) is 11.1 Å². The Labute approximate surface area is 193 Å². The summed E-state index contributed by atoms with van der Waals surface area (Å²) >= 11 is 9.24. The van der Waals surface area contributed by atoms with Crippen LogP contribution in [0.15, 0.2) is 76.3 Å². The van der Waals surface area contributed by atoms with Crippen LogP contribution in [0.5, 0.6) is 17.2 Å². The van der Waals surface area contributed by atoms with Gasteiger partial charge in [-0.2, -0.15) is 5.10 Å². The average molecular weight is 504 g/mol. The zero-order valence-corrected chi connectivity index (χ0v) is 19.0. The van der Waals surface area contributed by atoms with Crippen molar-refractivity contribution >= 4 is 39.7 Å². The fourth-order valence-corrected chi connectivity index (χ4v) is 2.91. The zero-order valence-electron chi connectivity index (χ0n) is 16.7. The quantitative estimate of drug-likeness (QED) is 0.321. The van der Waals surface area contributed by atoms with Crippen molar-refractivity contribution in [2.45, 2.75) is 6.61 Å². The maximum Gasteiger partial charge on any atom is 0.277 e. The Balaban J connectivity index is 1.51. The first kappa shape index (κ1) is 22.7. The Kier molecular flexibility index (Phi) is 8.32. The summed E-state index contributed by atoms with van der Waals surface area (Å²) in [6.07, 6.45) is 1.52. The van der Waals surface area contributed by atoms with Gasteiger partial charge in [0.2, 0.25) is 0 Å². The summed E-state index contributed by atoms with van der Waals surface area (Å²) in [6.45, 7) is 0.245. The van der Waals surface area contributed by atoms with Crippen LogP contribution in [0.3, 0.4) is 0 Å². The van der Waals surface area contributed by atoms with Gasteiger partial charge in [0.1, 0.15) is 12.4 Å². The molecule has 0 fully saturated rings. The number of hydrogen-bond donors (Lipinski definition) is 1. The largest absolute Gasteiger partial charge is 0.493 e. The number of methoxy groups -OCH3 is 1. The number of nitrogens with zero attached hydrogens (tertiary/aromatic N) is 1. The summed E-state index contributed by atoms with van der Waals surface area (Å²) in [5.74, 6) is 1.39. The SMILES string of the molecule is COc1cc(/C=N/NC(=O)COc2ccc(Br)cc2)ccc1OCc1ccc(Cl)cc1. The van der Waals surface area contributed by atoms with Gasteiger partial charge in [-0.1, -0.05) is 39.7 Å². The fraction of sp³-hybridized carbons (Fsp3) is 0.130. The van der Waals surface area contributed by atoms with Gasteiger partial charge in [-0.25, -0.2) is 5.43 Å². The number of amides is 1. The molecule has 0 aliphatic rings. The molecular formula is C23H20BrClN2O4. The van der Waals surface area contributed by atoms with Crippen molar-refractivity contribution in [3.63, 3.8) is 0 Å². The highest BCUT2D eigenvalue weighted by Crippen LogP contribution is 2.28. The van der Waals surface area contributed by atoms with Gasteiger partial charge >= 0.3 is 0 Å². The summed E-state index contributed by atoms with van der Waals surface area (Å²) < 4.78 is 17.6. The molecule has 0 aromatic heterocycles. The fourth-order valence-electron chi connectivity index (χ4n) is 2.52. The molecule has 3 aromatic carbocycles. The Morgan fingerprint density at radius 2 is 1.77 bits per heavy atom. The number of carbonyl (C=O) groups is 1. The van der Waals surface area contributed by atoms with Crippen LogP contribution in [0, 0.1) is 0 Å². The first-order valence-electron chi connectivity index (χ1n) is 9.29. The van der Waals surface area contributed by atoms with E-state index in [-0.39, 0.29) is 12.5 Å². The highest BCUT2D eigenvalue weighted by molar-refractivity contribution is 9.10. The molecule has 0 spiro atoms. The number of carbonyl (C=O) groups excluding carboxylic acids is 1. The molecule has 0 atom stereocenters. The van der Waals surface area contributed by atoms with Gasteiger partial charge in [-0.15, -0.1) is 0 Å². The van der Waals surface area contributed by atoms with E-state index in [0.29, 0.717) is 28.9 Å². The third kappa shape index (κ3) is 7.31. The standard InChI is InChI=1S/C23H20BrClN2O4/c1-29-22-12-17(4-11-21(22)31-14-16-2-7-19(25)8-3-16)13-26-27-23(28)15-30-20-9-5-18(24)6-10-20/h2-13H,14-15H2,1H3,(H,27,28)/b26-13+. The molecule has 0 radical (unpaired) electrons. The molecule has 3 rings (SSSR count). The maximum absolute atomic E-state index is 11.9. The Morgan fingerprint density at radius 3 is 2.48 bits per heavy atom. The molecule has 3 aromatic rings. The highest BCUT2D eigenvalue weighted by Gasteiger charge is 2.06. The molecule has 31 heavy (non-hydrogen) atoms. The molecule has 1 N–H and O–H groups in total. The molecule has 0 unspecified atom stereocenters. The van der Waals surface area contributed by atoms with Crippen molar-refractivity contribution in [1.82, 2.24) is 5.43 Å². The third-order valence-electron chi connectivity index (χ3n) is 4.08. The zero-order chi connectivity index (χ0) is 22.1. The van der Waals surface area contributed by atoms with E-state index in [4.69, 9.17) is 25.8 Å². The molecule has 0 aliphatic heterocycles. The summed E-state index contributed by atoms with van der Waals surface area (Å²) in [5, 5.41) is 4.63. The van der Waals surface area contributed by atoms with Crippen LogP contribution >= 0.6 is 27.5 Å².